The molecule has 20 heavy (non-hydrogen) atoms. The number of benzene rings is 1. The lowest BCUT2D eigenvalue weighted by atomic mass is 10.0. The molecule has 2 aromatic rings. The molecule has 106 valence electrons. The van der Waals surface area contributed by atoms with Crippen LogP contribution in [0.25, 0.3) is 11.3 Å². The number of aromatic nitrogens is 2. The van der Waals surface area contributed by atoms with Gasteiger partial charge in [-0.1, -0.05) is 18.2 Å². The van der Waals surface area contributed by atoms with Gasteiger partial charge in [-0.3, -0.25) is 0 Å². The number of hydrogen-bond donors (Lipinski definition) is 1. The third-order valence-corrected chi connectivity index (χ3v) is 2.73. The zero-order chi connectivity index (χ0) is 14.8. The van der Waals surface area contributed by atoms with Crippen molar-refractivity contribution in [1.82, 2.24) is 9.97 Å². The molecular formula is C13H12F3N3O. The Labute approximate surface area is 113 Å². The summed E-state index contributed by atoms with van der Waals surface area (Å²) in [6.45, 7) is 0. The van der Waals surface area contributed by atoms with Crippen LogP contribution in [0.3, 0.4) is 0 Å². The first-order chi connectivity index (χ1) is 9.49. The van der Waals surface area contributed by atoms with E-state index in [2.05, 4.69) is 15.3 Å². The highest BCUT2D eigenvalue weighted by atomic mass is 19.4. The summed E-state index contributed by atoms with van der Waals surface area (Å²) in [5.74, 6) is 0.501. The number of nitrogens with one attached hydrogen (secondary N) is 1. The highest BCUT2D eigenvalue weighted by Gasteiger charge is 2.34. The van der Waals surface area contributed by atoms with E-state index in [4.69, 9.17) is 4.74 Å². The number of nitrogens with zero attached hydrogens (tertiary/aromatic N) is 2. The molecule has 1 aromatic heterocycles. The molecule has 1 heterocycles. The van der Waals surface area contributed by atoms with Crippen molar-refractivity contribution in [2.75, 3.05) is 19.5 Å². The smallest absolute Gasteiger partial charge is 0.417 e. The second kappa shape index (κ2) is 5.36. The second-order valence-electron chi connectivity index (χ2n) is 3.90. The molecule has 0 atom stereocenters. The van der Waals surface area contributed by atoms with E-state index in [-0.39, 0.29) is 17.0 Å². The number of methoxy groups -OCH3 is 1. The first-order valence-electron chi connectivity index (χ1n) is 5.72. The maximum atomic E-state index is 13.1. The third-order valence-electron chi connectivity index (χ3n) is 2.73. The van der Waals surface area contributed by atoms with E-state index in [1.54, 1.807) is 7.05 Å². The number of halogens is 3. The van der Waals surface area contributed by atoms with Gasteiger partial charge in [0, 0.05) is 12.6 Å². The number of alkyl halides is 3. The average Bonchev–Trinajstić information content (AvgIpc) is 2.45. The molecule has 0 aliphatic rings. The average molecular weight is 283 g/mol. The van der Waals surface area contributed by atoms with Crippen LogP contribution in [0.4, 0.5) is 19.0 Å². The van der Waals surface area contributed by atoms with Crippen LogP contribution in [0.2, 0.25) is 0 Å². The molecular weight excluding hydrogens is 271 g/mol. The number of rotatable bonds is 3. The lowest BCUT2D eigenvalue weighted by Crippen LogP contribution is -2.08. The summed E-state index contributed by atoms with van der Waals surface area (Å²) in [6, 6.07) is 5.22. The van der Waals surface area contributed by atoms with E-state index in [0.29, 0.717) is 5.82 Å². The van der Waals surface area contributed by atoms with E-state index in [0.717, 1.165) is 6.07 Å². The number of anilines is 1. The van der Waals surface area contributed by atoms with Gasteiger partial charge in [0.05, 0.1) is 12.7 Å². The van der Waals surface area contributed by atoms with Crippen molar-refractivity contribution in [2.24, 2.45) is 0 Å². The van der Waals surface area contributed by atoms with Gasteiger partial charge in [0.1, 0.15) is 12.0 Å². The fraction of sp³-hybridized carbons (Fsp3) is 0.231. The van der Waals surface area contributed by atoms with Crippen molar-refractivity contribution in [3.8, 4) is 17.0 Å². The molecule has 0 bridgehead atoms. The van der Waals surface area contributed by atoms with Gasteiger partial charge in [-0.15, -0.1) is 0 Å². The molecule has 0 fully saturated rings. The van der Waals surface area contributed by atoms with Crippen LogP contribution < -0.4 is 10.1 Å². The SMILES string of the molecule is CNc1ncnc(-c2ccccc2C(F)(F)F)c1OC. The van der Waals surface area contributed by atoms with Crippen molar-refractivity contribution in [3.63, 3.8) is 0 Å². The molecule has 0 saturated heterocycles. The van der Waals surface area contributed by atoms with Gasteiger partial charge < -0.3 is 10.1 Å². The van der Waals surface area contributed by atoms with Crippen LogP contribution in [0.5, 0.6) is 5.75 Å². The zero-order valence-electron chi connectivity index (χ0n) is 10.8. The first kappa shape index (κ1) is 14.1. The quantitative estimate of drug-likeness (QED) is 0.939. The van der Waals surface area contributed by atoms with Crippen LogP contribution >= 0.6 is 0 Å². The molecule has 2 rings (SSSR count). The fourth-order valence-electron chi connectivity index (χ4n) is 1.87. The fourth-order valence-corrected chi connectivity index (χ4v) is 1.87. The van der Waals surface area contributed by atoms with Crippen molar-refractivity contribution >= 4 is 5.82 Å². The van der Waals surface area contributed by atoms with Gasteiger partial charge in [-0.25, -0.2) is 9.97 Å². The van der Waals surface area contributed by atoms with Gasteiger partial charge in [-0.2, -0.15) is 13.2 Å². The molecule has 4 nitrogen and oxygen atoms in total. The van der Waals surface area contributed by atoms with Crippen LogP contribution in [-0.4, -0.2) is 24.1 Å². The van der Waals surface area contributed by atoms with Gasteiger partial charge in [0.2, 0.25) is 0 Å². The van der Waals surface area contributed by atoms with Gasteiger partial charge in [0.15, 0.2) is 11.6 Å². The van der Waals surface area contributed by atoms with Crippen molar-refractivity contribution in [1.29, 1.82) is 0 Å². The van der Waals surface area contributed by atoms with E-state index in [9.17, 15) is 13.2 Å². The minimum absolute atomic E-state index is 0.0456. The molecule has 0 spiro atoms. The molecule has 0 saturated carbocycles. The van der Waals surface area contributed by atoms with Crippen LogP contribution in [0, 0.1) is 0 Å². The highest BCUT2D eigenvalue weighted by Crippen LogP contribution is 2.40. The summed E-state index contributed by atoms with van der Waals surface area (Å²) in [5, 5.41) is 2.76. The van der Waals surface area contributed by atoms with Crippen LogP contribution in [0.15, 0.2) is 30.6 Å². The molecule has 7 heteroatoms. The zero-order valence-corrected chi connectivity index (χ0v) is 10.8. The lowest BCUT2D eigenvalue weighted by molar-refractivity contribution is -0.137. The number of ether oxygens (including phenoxy) is 1. The maximum Gasteiger partial charge on any atom is 0.417 e. The maximum absolute atomic E-state index is 13.1. The lowest BCUT2D eigenvalue weighted by Gasteiger charge is -2.15. The minimum atomic E-state index is -4.47. The Morgan fingerprint density at radius 1 is 1.15 bits per heavy atom. The third kappa shape index (κ3) is 2.52. The Morgan fingerprint density at radius 3 is 2.45 bits per heavy atom. The summed E-state index contributed by atoms with van der Waals surface area (Å²) in [5.41, 5.74) is -0.713. The predicted molar refractivity (Wildman–Crippen MR) is 68.6 cm³/mol. The summed E-state index contributed by atoms with van der Waals surface area (Å²) in [7, 11) is 2.96. The largest absolute Gasteiger partial charge is 0.491 e. The van der Waals surface area contributed by atoms with E-state index < -0.39 is 11.7 Å². The summed E-state index contributed by atoms with van der Waals surface area (Å²) >= 11 is 0. The Bertz CT molecular complexity index is 614. The molecule has 0 unspecified atom stereocenters. The summed E-state index contributed by atoms with van der Waals surface area (Å²) in [4.78, 5) is 7.84. The van der Waals surface area contributed by atoms with Gasteiger partial charge >= 0.3 is 6.18 Å². The highest BCUT2D eigenvalue weighted by molar-refractivity contribution is 5.75. The standard InChI is InChI=1S/C13H12F3N3O/c1-17-12-11(20-2)10(18-7-19-12)8-5-3-4-6-9(8)13(14,15)16/h3-7H,1-2H3,(H,17,18,19). The Balaban J connectivity index is 2.70. The van der Waals surface area contributed by atoms with Crippen molar-refractivity contribution in [3.05, 3.63) is 36.2 Å². The van der Waals surface area contributed by atoms with Crippen LogP contribution in [-0.2, 0) is 6.18 Å². The topological polar surface area (TPSA) is 47.0 Å². The minimum Gasteiger partial charge on any atom is -0.491 e. The van der Waals surface area contributed by atoms with E-state index >= 15 is 0 Å². The van der Waals surface area contributed by atoms with E-state index in [1.165, 1.54) is 31.6 Å². The molecule has 0 aliphatic heterocycles. The van der Waals surface area contributed by atoms with Crippen LogP contribution in [0.1, 0.15) is 5.56 Å². The van der Waals surface area contributed by atoms with Gasteiger partial charge in [-0.05, 0) is 6.07 Å². The Morgan fingerprint density at radius 2 is 1.85 bits per heavy atom. The molecule has 0 amide bonds. The van der Waals surface area contributed by atoms with Crippen molar-refractivity contribution in [2.45, 2.75) is 6.18 Å². The first-order valence-corrected chi connectivity index (χ1v) is 5.72. The molecule has 1 aromatic carbocycles. The summed E-state index contributed by atoms with van der Waals surface area (Å²) in [6.07, 6.45) is -3.27. The predicted octanol–water partition coefficient (Wildman–Crippen LogP) is 3.21. The Kier molecular flexibility index (Phi) is 3.78. The molecule has 0 radical (unpaired) electrons. The Hall–Kier alpha value is -2.31. The monoisotopic (exact) mass is 283 g/mol. The van der Waals surface area contributed by atoms with E-state index in [1.807, 2.05) is 0 Å². The number of hydrogen-bond acceptors (Lipinski definition) is 4. The molecule has 1 N–H and O–H groups in total. The molecule has 0 aliphatic carbocycles. The van der Waals surface area contributed by atoms with Gasteiger partial charge in [0.25, 0.3) is 0 Å². The normalized spacial score (nSPS) is 11.2. The second-order valence-corrected chi connectivity index (χ2v) is 3.90. The summed E-state index contributed by atoms with van der Waals surface area (Å²) < 4.78 is 44.3. The van der Waals surface area contributed by atoms with Crippen molar-refractivity contribution < 1.29 is 17.9 Å².